The fourth-order valence-corrected chi connectivity index (χ4v) is 4.33. The standard InChI is InChI=1S/C28H26N6O3/c1-17(18-7-9-21(10-8-18)34-14-13-30-28(34)37)27(36)33-24-12-11-22-20(16-31-26(22)32-24)15-23(25(29)35)19-5-3-2-4-6-19/h2-12,15-17H,13-14H2,1H3,(H2,29,35)(H,30,37)(H2,31,32,33,36)/b23-15+. The number of H-pyrrole nitrogens is 1. The van der Waals surface area contributed by atoms with Crippen molar-refractivity contribution in [2.24, 2.45) is 5.73 Å². The molecule has 0 bridgehead atoms. The van der Waals surface area contributed by atoms with Gasteiger partial charge < -0.3 is 21.4 Å². The van der Waals surface area contributed by atoms with Crippen molar-refractivity contribution >= 4 is 52.0 Å². The summed E-state index contributed by atoms with van der Waals surface area (Å²) in [5, 5.41) is 6.44. The van der Waals surface area contributed by atoms with Crippen LogP contribution >= 0.6 is 0 Å². The zero-order valence-corrected chi connectivity index (χ0v) is 20.2. The molecular weight excluding hydrogens is 468 g/mol. The highest BCUT2D eigenvalue weighted by molar-refractivity contribution is 6.24. The molecule has 4 amide bonds. The number of hydrogen-bond donors (Lipinski definition) is 4. The van der Waals surface area contributed by atoms with Gasteiger partial charge in [-0.25, -0.2) is 9.78 Å². The highest BCUT2D eigenvalue weighted by atomic mass is 16.2. The average Bonchev–Trinajstić information content (AvgIpc) is 3.52. The van der Waals surface area contributed by atoms with Crippen LogP contribution in [-0.2, 0) is 9.59 Å². The van der Waals surface area contributed by atoms with Gasteiger partial charge in [-0.1, -0.05) is 42.5 Å². The van der Waals surface area contributed by atoms with E-state index in [1.54, 1.807) is 23.2 Å². The Balaban J connectivity index is 1.32. The summed E-state index contributed by atoms with van der Waals surface area (Å²) in [6.45, 7) is 3.06. The lowest BCUT2D eigenvalue weighted by atomic mass is 10.00. The fraction of sp³-hybridized carbons (Fsp3) is 0.143. The number of aromatic nitrogens is 2. The second-order valence-electron chi connectivity index (χ2n) is 8.81. The molecule has 0 aliphatic carbocycles. The molecular formula is C28H26N6O3. The molecule has 9 heteroatoms. The number of anilines is 2. The number of primary amides is 1. The zero-order chi connectivity index (χ0) is 25.9. The topological polar surface area (TPSA) is 133 Å². The van der Waals surface area contributed by atoms with Gasteiger partial charge in [-0.3, -0.25) is 14.5 Å². The molecule has 1 saturated heterocycles. The number of hydrogen-bond acceptors (Lipinski definition) is 4. The second-order valence-corrected chi connectivity index (χ2v) is 8.81. The van der Waals surface area contributed by atoms with Crippen molar-refractivity contribution in [2.75, 3.05) is 23.3 Å². The molecule has 1 aliphatic heterocycles. The largest absolute Gasteiger partial charge is 0.366 e. The van der Waals surface area contributed by atoms with Gasteiger partial charge in [0.05, 0.1) is 5.92 Å². The van der Waals surface area contributed by atoms with Crippen LogP contribution in [0.5, 0.6) is 0 Å². The van der Waals surface area contributed by atoms with E-state index >= 15 is 0 Å². The van der Waals surface area contributed by atoms with Gasteiger partial charge >= 0.3 is 6.03 Å². The highest BCUT2D eigenvalue weighted by Crippen LogP contribution is 2.26. The molecule has 186 valence electrons. The maximum Gasteiger partial charge on any atom is 0.321 e. The molecule has 0 spiro atoms. The molecule has 1 fully saturated rings. The molecule has 3 heterocycles. The fourth-order valence-electron chi connectivity index (χ4n) is 4.33. The monoisotopic (exact) mass is 494 g/mol. The van der Waals surface area contributed by atoms with Gasteiger partial charge in [0.15, 0.2) is 0 Å². The molecule has 1 aliphatic rings. The number of fused-ring (bicyclic) bond motifs is 1. The first-order valence-corrected chi connectivity index (χ1v) is 11.9. The van der Waals surface area contributed by atoms with Crippen molar-refractivity contribution in [3.8, 4) is 0 Å². The van der Waals surface area contributed by atoms with E-state index in [0.717, 1.165) is 27.8 Å². The summed E-state index contributed by atoms with van der Waals surface area (Å²) >= 11 is 0. The summed E-state index contributed by atoms with van der Waals surface area (Å²) in [5.74, 6) is -0.747. The average molecular weight is 495 g/mol. The first-order chi connectivity index (χ1) is 17.9. The normalized spacial score (nSPS) is 14.5. The summed E-state index contributed by atoms with van der Waals surface area (Å²) in [6.07, 6.45) is 3.48. The number of pyridine rings is 1. The third kappa shape index (κ3) is 4.92. The van der Waals surface area contributed by atoms with Crippen LogP contribution in [0.1, 0.15) is 29.5 Å². The highest BCUT2D eigenvalue weighted by Gasteiger charge is 2.22. The molecule has 9 nitrogen and oxygen atoms in total. The second kappa shape index (κ2) is 9.98. The summed E-state index contributed by atoms with van der Waals surface area (Å²) in [5.41, 5.74) is 9.71. The SMILES string of the molecule is CC(C(=O)Nc1ccc2c(/C=C(/C(N)=O)c3ccccc3)c[nH]c2n1)c1ccc(N2CCNC2=O)cc1. The van der Waals surface area contributed by atoms with Crippen molar-refractivity contribution < 1.29 is 14.4 Å². The smallest absolute Gasteiger partial charge is 0.321 e. The minimum Gasteiger partial charge on any atom is -0.366 e. The van der Waals surface area contributed by atoms with Crippen molar-refractivity contribution in [1.82, 2.24) is 15.3 Å². The van der Waals surface area contributed by atoms with Crippen LogP contribution < -0.4 is 21.3 Å². The van der Waals surface area contributed by atoms with E-state index in [-0.39, 0.29) is 11.9 Å². The number of amides is 4. The number of rotatable bonds is 7. The Hall–Kier alpha value is -4.92. The van der Waals surface area contributed by atoms with Gasteiger partial charge in [0, 0.05) is 41.5 Å². The Morgan fingerprint density at radius 2 is 1.84 bits per heavy atom. The van der Waals surface area contributed by atoms with Crippen LogP contribution in [0.2, 0.25) is 0 Å². The molecule has 37 heavy (non-hydrogen) atoms. The van der Waals surface area contributed by atoms with Crippen molar-refractivity contribution in [2.45, 2.75) is 12.8 Å². The van der Waals surface area contributed by atoms with Crippen LogP contribution in [0, 0.1) is 0 Å². The molecule has 0 radical (unpaired) electrons. The van der Waals surface area contributed by atoms with Gasteiger partial charge in [0.1, 0.15) is 11.5 Å². The number of carbonyl (C=O) groups excluding carboxylic acids is 3. The molecule has 2 aromatic heterocycles. The van der Waals surface area contributed by atoms with Crippen molar-refractivity contribution in [1.29, 1.82) is 0 Å². The van der Waals surface area contributed by atoms with Crippen molar-refractivity contribution in [3.05, 3.63) is 89.6 Å². The van der Waals surface area contributed by atoms with E-state index in [0.29, 0.717) is 30.1 Å². The molecule has 1 unspecified atom stereocenters. The lowest BCUT2D eigenvalue weighted by molar-refractivity contribution is -0.117. The molecule has 2 aromatic carbocycles. The molecule has 1 atom stereocenters. The van der Waals surface area contributed by atoms with E-state index in [9.17, 15) is 14.4 Å². The van der Waals surface area contributed by atoms with Gasteiger partial charge in [-0.2, -0.15) is 0 Å². The molecule has 5 rings (SSSR count). The zero-order valence-electron chi connectivity index (χ0n) is 20.2. The van der Waals surface area contributed by atoms with Gasteiger partial charge in [0.2, 0.25) is 11.8 Å². The van der Waals surface area contributed by atoms with E-state index in [4.69, 9.17) is 5.73 Å². The number of nitrogens with two attached hydrogens (primary N) is 1. The van der Waals surface area contributed by atoms with Gasteiger partial charge in [0.25, 0.3) is 0 Å². The predicted molar refractivity (Wildman–Crippen MR) is 144 cm³/mol. The van der Waals surface area contributed by atoms with Crippen LogP contribution in [-0.4, -0.2) is 40.9 Å². The summed E-state index contributed by atoms with van der Waals surface area (Å²) in [6, 6.07) is 20.1. The quantitative estimate of drug-likeness (QED) is 0.290. The van der Waals surface area contributed by atoms with Crippen LogP contribution in [0.4, 0.5) is 16.3 Å². The Labute approximate surface area is 213 Å². The minimum atomic E-state index is -0.525. The van der Waals surface area contributed by atoms with Crippen LogP contribution in [0.15, 0.2) is 72.9 Å². The number of nitrogens with one attached hydrogen (secondary N) is 3. The summed E-state index contributed by atoms with van der Waals surface area (Å²) in [7, 11) is 0. The Morgan fingerprint density at radius 3 is 2.51 bits per heavy atom. The van der Waals surface area contributed by atoms with Crippen LogP contribution in [0.25, 0.3) is 22.7 Å². The lowest BCUT2D eigenvalue weighted by Crippen LogP contribution is -2.27. The molecule has 5 N–H and O–H groups in total. The van der Waals surface area contributed by atoms with Crippen LogP contribution in [0.3, 0.4) is 0 Å². The number of carbonyl (C=O) groups is 3. The Morgan fingerprint density at radius 1 is 1.08 bits per heavy atom. The number of nitrogens with zero attached hydrogens (tertiary/aromatic N) is 2. The minimum absolute atomic E-state index is 0.117. The predicted octanol–water partition coefficient (Wildman–Crippen LogP) is 3.86. The first kappa shape index (κ1) is 23.8. The lowest BCUT2D eigenvalue weighted by Gasteiger charge is -2.16. The maximum absolute atomic E-state index is 12.9. The van der Waals surface area contributed by atoms with Crippen molar-refractivity contribution in [3.63, 3.8) is 0 Å². The van der Waals surface area contributed by atoms with E-state index in [1.165, 1.54) is 0 Å². The first-order valence-electron chi connectivity index (χ1n) is 11.9. The maximum atomic E-state index is 12.9. The van der Waals surface area contributed by atoms with E-state index in [2.05, 4.69) is 20.6 Å². The third-order valence-corrected chi connectivity index (χ3v) is 6.43. The van der Waals surface area contributed by atoms with Gasteiger partial charge in [-0.15, -0.1) is 0 Å². The Kier molecular flexibility index (Phi) is 6.42. The summed E-state index contributed by atoms with van der Waals surface area (Å²) < 4.78 is 0. The number of aromatic amines is 1. The number of benzene rings is 2. The molecule has 4 aromatic rings. The summed E-state index contributed by atoms with van der Waals surface area (Å²) in [4.78, 5) is 46.2. The molecule has 0 saturated carbocycles. The van der Waals surface area contributed by atoms with E-state index < -0.39 is 11.8 Å². The third-order valence-electron chi connectivity index (χ3n) is 6.43. The Bertz CT molecular complexity index is 1510. The van der Waals surface area contributed by atoms with Gasteiger partial charge in [-0.05, 0) is 48.4 Å². The van der Waals surface area contributed by atoms with E-state index in [1.807, 2.05) is 67.6 Å². The number of urea groups is 1.